The normalized spacial score (nSPS) is 24.0. The molecule has 0 bridgehead atoms. The van der Waals surface area contributed by atoms with Crippen LogP contribution in [0.4, 0.5) is 4.79 Å². The molecule has 0 spiro atoms. The minimum Gasteiger partial charge on any atom is -0.299 e. The fourth-order valence-electron chi connectivity index (χ4n) is 0.670. The lowest BCUT2D eigenvalue weighted by Gasteiger charge is -1.98. The molecule has 0 aromatic carbocycles. The molecule has 2 nitrogen and oxygen atoms in total. The van der Waals surface area contributed by atoms with Crippen molar-refractivity contribution >= 4 is 19.0 Å². The van der Waals surface area contributed by atoms with Crippen LogP contribution >= 0.6 is 7.55 Å². The zero-order valence-corrected chi connectivity index (χ0v) is 5.98. The van der Waals surface area contributed by atoms with Gasteiger partial charge in [-0.2, -0.15) is 0 Å². The maximum atomic E-state index is 10.8. The predicted molar refractivity (Wildman–Crippen MR) is 36.9 cm³/mol. The Hall–Kier alpha value is -0.360. The second kappa shape index (κ2) is 1.87. The van der Waals surface area contributed by atoms with Crippen molar-refractivity contribution in [3.8, 4) is 0 Å². The molecular weight excluding hydrogens is 121 g/mol. The molecule has 0 aliphatic carbocycles. The van der Waals surface area contributed by atoms with Gasteiger partial charge in [0.1, 0.15) is 12.5 Å². The summed E-state index contributed by atoms with van der Waals surface area (Å²) in [5.41, 5.74) is 0.306. The van der Waals surface area contributed by atoms with Crippen LogP contribution in [0, 0.1) is 0 Å². The Balaban J connectivity index is 2.73. The standard InChI is InChI=1S/C5H9NOP/c1-6-3-4-8(2)5(6)7/h4H,3H2,1-2H3/q+1. The van der Waals surface area contributed by atoms with E-state index < -0.39 is 7.55 Å². The highest BCUT2D eigenvalue weighted by Crippen LogP contribution is 2.24. The van der Waals surface area contributed by atoms with E-state index in [9.17, 15) is 4.79 Å². The van der Waals surface area contributed by atoms with Gasteiger partial charge in [-0.15, -0.1) is 0 Å². The number of nitrogens with zero attached hydrogens (tertiary/aromatic N) is 1. The fourth-order valence-corrected chi connectivity index (χ4v) is 1.94. The van der Waals surface area contributed by atoms with Crippen molar-refractivity contribution < 1.29 is 4.79 Å². The Kier molecular flexibility index (Phi) is 1.35. The van der Waals surface area contributed by atoms with Gasteiger partial charge in [-0.05, 0) is 0 Å². The summed E-state index contributed by atoms with van der Waals surface area (Å²) < 4.78 is 0. The van der Waals surface area contributed by atoms with Crippen LogP contribution in [-0.4, -0.2) is 36.6 Å². The lowest BCUT2D eigenvalue weighted by molar-refractivity contribution is 0.239. The quantitative estimate of drug-likeness (QED) is 0.447. The van der Waals surface area contributed by atoms with Gasteiger partial charge in [0, 0.05) is 7.05 Å². The Morgan fingerprint density at radius 2 is 2.50 bits per heavy atom. The van der Waals surface area contributed by atoms with Gasteiger partial charge in [0.25, 0.3) is 0 Å². The molecule has 0 fully saturated rings. The molecule has 0 N–H and O–H groups in total. The molecule has 1 aliphatic rings. The van der Waals surface area contributed by atoms with Gasteiger partial charge in [0.15, 0.2) is 7.55 Å². The Morgan fingerprint density at radius 1 is 1.88 bits per heavy atom. The summed E-state index contributed by atoms with van der Waals surface area (Å²) in [6, 6.07) is 0. The minimum absolute atomic E-state index is 0.306. The van der Waals surface area contributed by atoms with Crippen molar-refractivity contribution in [3.05, 3.63) is 0 Å². The van der Waals surface area contributed by atoms with Gasteiger partial charge >= 0.3 is 5.65 Å². The second-order valence-corrected chi connectivity index (χ2v) is 3.93. The van der Waals surface area contributed by atoms with Crippen LogP contribution in [0.1, 0.15) is 0 Å². The molecule has 8 heavy (non-hydrogen) atoms. The topological polar surface area (TPSA) is 20.3 Å². The molecule has 0 saturated carbocycles. The van der Waals surface area contributed by atoms with Crippen molar-refractivity contribution in [2.75, 3.05) is 20.3 Å². The molecule has 0 aromatic heterocycles. The molecule has 0 saturated heterocycles. The first-order chi connectivity index (χ1) is 3.72. The highest BCUT2D eigenvalue weighted by molar-refractivity contribution is 7.73. The summed E-state index contributed by atoms with van der Waals surface area (Å²) in [6.45, 7) is 2.84. The molecular formula is C5H9NOP+. The van der Waals surface area contributed by atoms with Gasteiger partial charge < -0.3 is 0 Å². The fraction of sp³-hybridized carbons (Fsp3) is 0.600. The highest BCUT2D eigenvalue weighted by atomic mass is 31.1. The maximum Gasteiger partial charge on any atom is 0.419 e. The van der Waals surface area contributed by atoms with E-state index in [2.05, 4.69) is 5.80 Å². The number of carbonyl (C=O) groups is 1. The molecule has 1 unspecified atom stereocenters. The van der Waals surface area contributed by atoms with E-state index in [0.717, 1.165) is 6.54 Å². The zero-order chi connectivity index (χ0) is 6.15. The number of hydrogen-bond acceptors (Lipinski definition) is 1. The van der Waals surface area contributed by atoms with E-state index in [4.69, 9.17) is 0 Å². The van der Waals surface area contributed by atoms with Crippen LogP contribution in [-0.2, 0) is 0 Å². The van der Waals surface area contributed by atoms with Gasteiger partial charge in [0.05, 0.1) is 6.54 Å². The molecule has 0 radical (unpaired) electrons. The van der Waals surface area contributed by atoms with Gasteiger partial charge in [-0.25, -0.2) is 4.79 Å². The van der Waals surface area contributed by atoms with Crippen molar-refractivity contribution in [1.82, 2.24) is 4.90 Å². The van der Waals surface area contributed by atoms with Crippen LogP contribution in [0.3, 0.4) is 0 Å². The summed E-state index contributed by atoms with van der Waals surface area (Å²) in [4.78, 5) is 12.6. The van der Waals surface area contributed by atoms with Crippen LogP contribution in [0.2, 0.25) is 0 Å². The predicted octanol–water partition coefficient (Wildman–Crippen LogP) is 0.966. The molecule has 1 heterocycles. The summed E-state index contributed by atoms with van der Waals surface area (Å²) in [7, 11) is 1.43. The number of carbonyl (C=O) groups excluding carboxylic acids is 1. The molecule has 3 heteroatoms. The van der Waals surface area contributed by atoms with Crippen molar-refractivity contribution in [3.63, 3.8) is 0 Å². The zero-order valence-electron chi connectivity index (χ0n) is 5.09. The molecule has 0 aromatic rings. The third-order valence-corrected chi connectivity index (χ3v) is 2.91. The van der Waals surface area contributed by atoms with Crippen LogP contribution in [0.25, 0.3) is 0 Å². The minimum atomic E-state index is -0.404. The van der Waals surface area contributed by atoms with Gasteiger partial charge in [-0.1, -0.05) is 0 Å². The first-order valence-electron chi connectivity index (χ1n) is 2.53. The molecule has 1 rings (SSSR count). The average molecular weight is 130 g/mol. The average Bonchev–Trinajstić information content (AvgIpc) is 1.98. The molecule has 1 atom stereocenters. The largest absolute Gasteiger partial charge is 0.419 e. The van der Waals surface area contributed by atoms with E-state index >= 15 is 0 Å². The first kappa shape index (κ1) is 5.77. The number of hydrogen-bond donors (Lipinski definition) is 0. The summed E-state index contributed by atoms with van der Waals surface area (Å²) in [5, 5.41) is 0. The lowest BCUT2D eigenvalue weighted by Crippen LogP contribution is -2.17. The van der Waals surface area contributed by atoms with Gasteiger partial charge in [-0.3, -0.25) is 4.90 Å². The summed E-state index contributed by atoms with van der Waals surface area (Å²) >= 11 is 0. The van der Waals surface area contributed by atoms with Crippen molar-refractivity contribution in [2.24, 2.45) is 0 Å². The molecule has 44 valence electrons. The van der Waals surface area contributed by atoms with Gasteiger partial charge in [0.2, 0.25) is 0 Å². The van der Waals surface area contributed by atoms with Crippen molar-refractivity contribution in [1.29, 1.82) is 0 Å². The SMILES string of the molecule is CN1CC=[P+](C)C1=O. The van der Waals surface area contributed by atoms with E-state index in [0.29, 0.717) is 5.65 Å². The summed E-state index contributed by atoms with van der Waals surface area (Å²) in [5.74, 6) is 2.08. The highest BCUT2D eigenvalue weighted by Gasteiger charge is 2.26. The maximum absolute atomic E-state index is 10.8. The number of amides is 1. The monoisotopic (exact) mass is 130 g/mol. The molecule has 1 amide bonds. The Morgan fingerprint density at radius 3 is 2.62 bits per heavy atom. The smallest absolute Gasteiger partial charge is 0.299 e. The Labute approximate surface area is 49.9 Å². The summed E-state index contributed by atoms with van der Waals surface area (Å²) in [6.07, 6.45) is 0. The third-order valence-electron chi connectivity index (χ3n) is 1.26. The lowest BCUT2D eigenvalue weighted by atomic mass is 10.7. The Bertz CT molecular complexity index is 153. The molecule has 1 aliphatic heterocycles. The second-order valence-electron chi connectivity index (χ2n) is 1.96. The third kappa shape index (κ3) is 0.760. The van der Waals surface area contributed by atoms with Crippen LogP contribution in [0.5, 0.6) is 0 Å². The van der Waals surface area contributed by atoms with Crippen LogP contribution in [0.15, 0.2) is 0 Å². The van der Waals surface area contributed by atoms with Crippen molar-refractivity contribution in [2.45, 2.75) is 0 Å². The first-order valence-corrected chi connectivity index (χ1v) is 4.39. The van der Waals surface area contributed by atoms with E-state index in [-0.39, 0.29) is 0 Å². The van der Waals surface area contributed by atoms with E-state index in [1.807, 2.05) is 13.7 Å². The van der Waals surface area contributed by atoms with Crippen LogP contribution < -0.4 is 0 Å². The number of rotatable bonds is 0. The van der Waals surface area contributed by atoms with E-state index in [1.165, 1.54) is 0 Å². The van der Waals surface area contributed by atoms with E-state index in [1.54, 1.807) is 4.90 Å².